The van der Waals surface area contributed by atoms with Crippen molar-refractivity contribution in [2.24, 2.45) is 0 Å². The third kappa shape index (κ3) is 2.19. The molecule has 2 N–H and O–H groups in total. The number of hydrogen-bond donors (Lipinski definition) is 2. The summed E-state index contributed by atoms with van der Waals surface area (Å²) in [6.07, 6.45) is 0.573. The lowest BCUT2D eigenvalue weighted by atomic mass is 9.88. The molecule has 3 heterocycles. The zero-order chi connectivity index (χ0) is 19.6. The topological polar surface area (TPSA) is 68.8 Å². The van der Waals surface area contributed by atoms with E-state index in [-0.39, 0.29) is 17.7 Å². The lowest BCUT2D eigenvalue weighted by Crippen LogP contribution is -2.44. The van der Waals surface area contributed by atoms with Crippen LogP contribution in [-0.4, -0.2) is 51.1 Å². The highest BCUT2D eigenvalue weighted by atomic mass is 32.1. The average Bonchev–Trinajstić information content (AvgIpc) is 3.18. The molecule has 0 saturated carbocycles. The van der Waals surface area contributed by atoms with Crippen LogP contribution in [-0.2, 0) is 11.2 Å². The number of carbonyl (C=O) groups is 1. The minimum atomic E-state index is -0.405. The number of phenols is 1. The molecule has 0 unspecified atom stereocenters. The van der Waals surface area contributed by atoms with Crippen LogP contribution in [0.3, 0.4) is 0 Å². The van der Waals surface area contributed by atoms with E-state index >= 15 is 0 Å². The number of hydrogen-bond acceptors (Lipinski definition) is 4. The van der Waals surface area contributed by atoms with Gasteiger partial charge in [0.05, 0.1) is 7.11 Å². The van der Waals surface area contributed by atoms with Gasteiger partial charge in [-0.25, -0.2) is 0 Å². The largest absolute Gasteiger partial charge is 0.508 e. The number of methoxy groups -OCH3 is 1. The second-order valence-corrected chi connectivity index (χ2v) is 7.56. The van der Waals surface area contributed by atoms with Gasteiger partial charge in [-0.05, 0) is 42.0 Å². The molecule has 142 valence electrons. The Morgan fingerprint density at radius 1 is 1.25 bits per heavy atom. The average molecular weight is 393 g/mol. The third-order valence-corrected chi connectivity index (χ3v) is 6.27. The monoisotopic (exact) mass is 393 g/mol. The smallest absolute Gasteiger partial charge is 0.251 e. The number of H-pyrrole nitrogens is 1. The predicted molar refractivity (Wildman–Crippen MR) is 109 cm³/mol. The number of nitrogens with zero attached hydrogens (tertiary/aromatic N) is 2. The summed E-state index contributed by atoms with van der Waals surface area (Å²) in [7, 11) is 3.30. The van der Waals surface area contributed by atoms with E-state index in [0.717, 1.165) is 22.2 Å². The van der Waals surface area contributed by atoms with Gasteiger partial charge in [0.2, 0.25) is 0 Å². The Morgan fingerprint density at radius 2 is 2.04 bits per heavy atom. The summed E-state index contributed by atoms with van der Waals surface area (Å²) in [6, 6.07) is 12.4. The lowest BCUT2D eigenvalue weighted by Gasteiger charge is -2.37. The van der Waals surface area contributed by atoms with Crippen LogP contribution in [0.25, 0.3) is 10.9 Å². The van der Waals surface area contributed by atoms with Crippen LogP contribution in [0.4, 0.5) is 0 Å². The van der Waals surface area contributed by atoms with Gasteiger partial charge in [0, 0.05) is 35.6 Å². The Labute approximate surface area is 167 Å². The van der Waals surface area contributed by atoms with Crippen LogP contribution in [0.15, 0.2) is 42.5 Å². The van der Waals surface area contributed by atoms with Crippen molar-refractivity contribution in [3.63, 3.8) is 0 Å². The van der Waals surface area contributed by atoms with E-state index < -0.39 is 6.04 Å². The summed E-state index contributed by atoms with van der Waals surface area (Å²) < 4.78 is 5.38. The van der Waals surface area contributed by atoms with E-state index in [2.05, 4.69) is 11.1 Å². The van der Waals surface area contributed by atoms with Crippen molar-refractivity contribution in [1.29, 1.82) is 0 Å². The first-order valence-corrected chi connectivity index (χ1v) is 9.48. The summed E-state index contributed by atoms with van der Waals surface area (Å²) >= 11 is 5.61. The predicted octanol–water partition coefficient (Wildman–Crippen LogP) is 2.96. The summed E-state index contributed by atoms with van der Waals surface area (Å²) in [4.78, 5) is 19.9. The number of aromatic nitrogens is 1. The molecule has 3 aromatic rings. The number of para-hydroxylation sites is 1. The van der Waals surface area contributed by atoms with Gasteiger partial charge in [0.25, 0.3) is 5.91 Å². The molecule has 2 atom stereocenters. The quantitative estimate of drug-likeness (QED) is 0.655. The Balaban J connectivity index is 1.80. The van der Waals surface area contributed by atoms with Gasteiger partial charge < -0.3 is 19.7 Å². The SMILES string of the molecule is COc1ccc(O)c([C@H]2c3[nH]c4ccccc4c3C[C@H]3C(=O)N(C)C(=S)N23)c1. The van der Waals surface area contributed by atoms with Gasteiger partial charge in [-0.1, -0.05) is 18.2 Å². The molecule has 1 amide bonds. The number of likely N-dealkylation sites (N-methyl/N-ethyl adjacent to an activating group) is 1. The summed E-state index contributed by atoms with van der Waals surface area (Å²) in [6.45, 7) is 0. The van der Waals surface area contributed by atoms with Crippen LogP contribution < -0.4 is 4.74 Å². The number of rotatable bonds is 2. The Kier molecular flexibility index (Phi) is 3.64. The minimum absolute atomic E-state index is 0.0201. The first kappa shape index (κ1) is 17.1. The van der Waals surface area contributed by atoms with Gasteiger partial charge in [-0.3, -0.25) is 9.69 Å². The fourth-order valence-corrected chi connectivity index (χ4v) is 4.73. The third-order valence-electron chi connectivity index (χ3n) is 5.78. The van der Waals surface area contributed by atoms with E-state index in [0.29, 0.717) is 22.8 Å². The highest BCUT2D eigenvalue weighted by molar-refractivity contribution is 7.80. The van der Waals surface area contributed by atoms with E-state index in [1.807, 2.05) is 29.2 Å². The van der Waals surface area contributed by atoms with Crippen LogP contribution in [0.2, 0.25) is 0 Å². The van der Waals surface area contributed by atoms with Crippen LogP contribution >= 0.6 is 12.2 Å². The van der Waals surface area contributed by atoms with Crippen molar-refractivity contribution < 1.29 is 14.6 Å². The van der Waals surface area contributed by atoms with E-state index in [9.17, 15) is 9.90 Å². The number of aromatic hydroxyl groups is 1. The molecule has 7 heteroatoms. The Bertz CT molecular complexity index is 1140. The zero-order valence-corrected chi connectivity index (χ0v) is 16.3. The fraction of sp³-hybridized carbons (Fsp3) is 0.238. The van der Waals surface area contributed by atoms with Gasteiger partial charge >= 0.3 is 0 Å². The second kappa shape index (κ2) is 5.97. The first-order chi connectivity index (χ1) is 13.5. The number of carbonyl (C=O) groups excluding carboxylic acids is 1. The normalized spacial score (nSPS) is 21.2. The molecule has 1 aromatic heterocycles. The Hall–Kier alpha value is -3.06. The maximum absolute atomic E-state index is 12.9. The van der Waals surface area contributed by atoms with Crippen molar-refractivity contribution in [2.45, 2.75) is 18.5 Å². The molecule has 2 aromatic carbocycles. The molecule has 0 radical (unpaired) electrons. The van der Waals surface area contributed by atoms with Crippen LogP contribution in [0.1, 0.15) is 22.9 Å². The first-order valence-electron chi connectivity index (χ1n) is 9.07. The highest BCUT2D eigenvalue weighted by Crippen LogP contribution is 2.46. The fourth-order valence-electron chi connectivity index (χ4n) is 4.41. The molecule has 28 heavy (non-hydrogen) atoms. The van der Waals surface area contributed by atoms with Gasteiger partial charge in [-0.15, -0.1) is 0 Å². The molecular formula is C21H19N3O3S. The number of nitrogens with one attached hydrogen (secondary N) is 1. The lowest BCUT2D eigenvalue weighted by molar-refractivity contribution is -0.127. The van der Waals surface area contributed by atoms with Crippen molar-refractivity contribution in [1.82, 2.24) is 14.8 Å². The summed E-state index contributed by atoms with van der Waals surface area (Å²) in [5, 5.41) is 12.2. The minimum Gasteiger partial charge on any atom is -0.508 e. The maximum Gasteiger partial charge on any atom is 0.251 e. The van der Waals surface area contributed by atoms with E-state index in [1.54, 1.807) is 26.3 Å². The van der Waals surface area contributed by atoms with Crippen LogP contribution in [0, 0.1) is 0 Å². The molecular weight excluding hydrogens is 374 g/mol. The van der Waals surface area contributed by atoms with Crippen molar-refractivity contribution >= 4 is 34.1 Å². The number of phenolic OH excluding ortho intramolecular Hbond substituents is 1. The van der Waals surface area contributed by atoms with E-state index in [1.165, 1.54) is 4.90 Å². The van der Waals surface area contributed by atoms with Crippen molar-refractivity contribution in [3.8, 4) is 11.5 Å². The highest BCUT2D eigenvalue weighted by Gasteiger charge is 2.49. The van der Waals surface area contributed by atoms with Gasteiger partial charge in [0.1, 0.15) is 23.6 Å². The number of amides is 1. The standard InChI is InChI=1S/C21H19N3O3S/c1-23-20(26)16-10-13-12-5-3-4-6-15(12)22-18(13)19(24(16)21(23)28)14-9-11(27-2)7-8-17(14)25/h3-9,16,19,22,25H,10H2,1-2H3/t16-,19-/m0/s1. The van der Waals surface area contributed by atoms with Crippen molar-refractivity contribution in [3.05, 3.63) is 59.3 Å². The number of benzene rings is 2. The van der Waals surface area contributed by atoms with Crippen LogP contribution in [0.5, 0.6) is 11.5 Å². The molecule has 0 aliphatic carbocycles. The molecule has 1 saturated heterocycles. The molecule has 2 aliphatic rings. The van der Waals surface area contributed by atoms with Crippen molar-refractivity contribution in [2.75, 3.05) is 14.2 Å². The van der Waals surface area contributed by atoms with E-state index in [4.69, 9.17) is 17.0 Å². The molecule has 2 aliphatic heterocycles. The molecule has 0 bridgehead atoms. The second-order valence-electron chi connectivity index (χ2n) is 7.20. The number of thiocarbonyl (C=S) groups is 1. The summed E-state index contributed by atoms with van der Waals surface area (Å²) in [5.41, 5.74) is 3.71. The molecule has 5 rings (SSSR count). The molecule has 1 fully saturated rings. The van der Waals surface area contributed by atoms with Gasteiger partial charge in [-0.2, -0.15) is 0 Å². The van der Waals surface area contributed by atoms with Gasteiger partial charge in [0.15, 0.2) is 5.11 Å². The summed E-state index contributed by atoms with van der Waals surface area (Å²) in [5.74, 6) is 0.756. The number of aromatic amines is 1. The molecule has 0 spiro atoms. The number of fused-ring (bicyclic) bond motifs is 4. The Morgan fingerprint density at radius 3 is 2.82 bits per heavy atom. The molecule has 6 nitrogen and oxygen atoms in total. The number of ether oxygens (including phenoxy) is 1. The maximum atomic E-state index is 12.9. The zero-order valence-electron chi connectivity index (χ0n) is 15.5.